The third kappa shape index (κ3) is 8.35. The van der Waals surface area contributed by atoms with E-state index in [0.717, 1.165) is 45.5 Å². The average molecular weight is 629 g/mol. The van der Waals surface area contributed by atoms with E-state index in [0.29, 0.717) is 36.2 Å². The first-order valence-electron chi connectivity index (χ1n) is 14.1. The Morgan fingerprint density at radius 3 is 1.48 bits per heavy atom. The van der Waals surface area contributed by atoms with Crippen molar-refractivity contribution in [1.29, 1.82) is 0 Å². The Morgan fingerprint density at radius 1 is 0.636 bits per heavy atom. The highest BCUT2D eigenvalue weighted by atomic mass is 33.1. The molecule has 2 heterocycles. The molecule has 0 N–H and O–H groups in total. The molecule has 6 rings (SSSR count). The zero-order valence-electron chi connectivity index (χ0n) is 24.4. The van der Waals surface area contributed by atoms with Crippen LogP contribution in [-0.4, -0.2) is 65.3 Å². The molecule has 2 fully saturated rings. The van der Waals surface area contributed by atoms with E-state index >= 15 is 0 Å². The molecule has 0 aliphatic carbocycles. The van der Waals surface area contributed by atoms with E-state index in [9.17, 15) is 0 Å². The summed E-state index contributed by atoms with van der Waals surface area (Å²) in [7, 11) is 6.56. The SMILES string of the molecule is COc1cc(C=Nc2ccccc2SSc2ccccc2N=Cc2ccc(OCC3CO3)c(OC)c2)ccc1OCC1CO1. The van der Waals surface area contributed by atoms with Crippen molar-refractivity contribution < 1.29 is 28.4 Å². The summed E-state index contributed by atoms with van der Waals surface area (Å²) in [5.41, 5.74) is 3.58. The van der Waals surface area contributed by atoms with Crippen molar-refractivity contribution in [3.05, 3.63) is 96.1 Å². The van der Waals surface area contributed by atoms with Gasteiger partial charge in [-0.05, 0) is 71.8 Å². The van der Waals surface area contributed by atoms with E-state index in [1.807, 2.05) is 85.2 Å². The predicted octanol–water partition coefficient (Wildman–Crippen LogP) is 7.56. The molecule has 0 spiro atoms. The predicted molar refractivity (Wildman–Crippen MR) is 176 cm³/mol. The normalized spacial score (nSPS) is 17.1. The van der Waals surface area contributed by atoms with E-state index in [2.05, 4.69) is 12.1 Å². The smallest absolute Gasteiger partial charge is 0.161 e. The second-order valence-corrected chi connectivity index (χ2v) is 12.2. The summed E-state index contributed by atoms with van der Waals surface area (Å²) in [5.74, 6) is 2.71. The summed E-state index contributed by atoms with van der Waals surface area (Å²) in [6.45, 7) is 2.54. The van der Waals surface area contributed by atoms with Gasteiger partial charge < -0.3 is 28.4 Å². The first kappa shape index (κ1) is 30.1. The number of benzene rings is 4. The highest BCUT2D eigenvalue weighted by Crippen LogP contribution is 2.45. The minimum absolute atomic E-state index is 0.182. The largest absolute Gasteiger partial charge is 0.493 e. The number of methoxy groups -OCH3 is 2. The molecular weight excluding hydrogens is 597 g/mol. The van der Waals surface area contributed by atoms with Crippen molar-refractivity contribution in [3.8, 4) is 23.0 Å². The van der Waals surface area contributed by atoms with Gasteiger partial charge in [0.05, 0.1) is 38.8 Å². The molecule has 10 heteroatoms. The molecule has 2 atom stereocenters. The zero-order valence-corrected chi connectivity index (χ0v) is 26.0. The minimum atomic E-state index is 0.182. The number of aliphatic imine (C=N–C) groups is 2. The first-order valence-corrected chi connectivity index (χ1v) is 16.3. The minimum Gasteiger partial charge on any atom is -0.493 e. The molecular formula is C34H32N2O6S2. The van der Waals surface area contributed by atoms with Crippen LogP contribution in [0, 0.1) is 0 Å². The van der Waals surface area contributed by atoms with E-state index in [1.54, 1.807) is 35.8 Å². The molecule has 2 aliphatic rings. The van der Waals surface area contributed by atoms with Crippen LogP contribution in [0.1, 0.15) is 11.1 Å². The quantitative estimate of drug-likeness (QED) is 0.0758. The molecule has 0 amide bonds. The lowest BCUT2D eigenvalue weighted by atomic mass is 10.2. The maximum atomic E-state index is 5.82. The fourth-order valence-electron chi connectivity index (χ4n) is 4.11. The van der Waals surface area contributed by atoms with Gasteiger partial charge >= 0.3 is 0 Å². The number of hydrogen-bond acceptors (Lipinski definition) is 10. The van der Waals surface area contributed by atoms with Gasteiger partial charge in [-0.25, -0.2) is 0 Å². The third-order valence-corrected chi connectivity index (χ3v) is 9.15. The van der Waals surface area contributed by atoms with E-state index in [4.69, 9.17) is 38.4 Å². The zero-order chi connectivity index (χ0) is 30.1. The van der Waals surface area contributed by atoms with Crippen LogP contribution in [0.2, 0.25) is 0 Å². The highest BCUT2D eigenvalue weighted by molar-refractivity contribution is 8.76. The summed E-state index contributed by atoms with van der Waals surface area (Å²) in [6.07, 6.45) is 4.04. The Hall–Kier alpha value is -3.96. The maximum absolute atomic E-state index is 5.82. The number of para-hydroxylation sites is 2. The third-order valence-electron chi connectivity index (χ3n) is 6.69. The Bertz CT molecular complexity index is 1520. The van der Waals surface area contributed by atoms with E-state index in [-0.39, 0.29) is 12.2 Å². The topological polar surface area (TPSA) is 86.7 Å². The fraction of sp³-hybridized carbons (Fsp3) is 0.235. The standard InChI is InChI=1S/C34H32N2O6S2/c1-37-31-15-23(11-13-29(31)41-21-25-19-39-25)17-35-27-7-3-5-9-33(27)43-44-34-10-6-4-8-28(34)36-18-24-12-14-30(32(16-24)38-2)42-22-26-20-40-26/h3-18,25-26H,19-22H2,1-2H3. The molecule has 44 heavy (non-hydrogen) atoms. The summed E-state index contributed by atoms with van der Waals surface area (Å²) in [5, 5.41) is 0. The average Bonchev–Trinajstić information content (AvgIpc) is 4.01. The van der Waals surface area contributed by atoms with Crippen molar-refractivity contribution in [3.63, 3.8) is 0 Å². The lowest BCUT2D eigenvalue weighted by Gasteiger charge is -2.10. The lowest BCUT2D eigenvalue weighted by Crippen LogP contribution is -2.05. The van der Waals surface area contributed by atoms with Gasteiger partial charge in [-0.1, -0.05) is 45.9 Å². The number of epoxide rings is 2. The van der Waals surface area contributed by atoms with Crippen molar-refractivity contribution in [2.45, 2.75) is 22.0 Å². The molecule has 0 bridgehead atoms. The van der Waals surface area contributed by atoms with Crippen molar-refractivity contribution in [2.24, 2.45) is 9.98 Å². The summed E-state index contributed by atoms with van der Waals surface area (Å²) in [6, 6.07) is 27.7. The molecule has 2 saturated heterocycles. The molecule has 0 saturated carbocycles. The molecule has 0 radical (unpaired) electrons. The molecule has 0 aromatic heterocycles. The second kappa shape index (κ2) is 14.7. The van der Waals surface area contributed by atoms with Gasteiger partial charge in [0.1, 0.15) is 25.4 Å². The van der Waals surface area contributed by atoms with Crippen LogP contribution in [-0.2, 0) is 9.47 Å². The summed E-state index contributed by atoms with van der Waals surface area (Å²) >= 11 is 0. The number of ether oxygens (including phenoxy) is 6. The molecule has 4 aromatic carbocycles. The Kier molecular flexibility index (Phi) is 10.0. The van der Waals surface area contributed by atoms with Gasteiger partial charge in [-0.2, -0.15) is 0 Å². The summed E-state index contributed by atoms with van der Waals surface area (Å²) in [4.78, 5) is 11.7. The Balaban J connectivity index is 1.11. The van der Waals surface area contributed by atoms with E-state index < -0.39 is 0 Å². The number of hydrogen-bond donors (Lipinski definition) is 0. The van der Waals surface area contributed by atoms with Gasteiger partial charge in [0.2, 0.25) is 0 Å². The van der Waals surface area contributed by atoms with Crippen LogP contribution in [0.4, 0.5) is 11.4 Å². The van der Waals surface area contributed by atoms with Crippen LogP contribution in [0.15, 0.2) is 105 Å². The lowest BCUT2D eigenvalue weighted by molar-refractivity contribution is 0.252. The number of rotatable bonds is 15. The van der Waals surface area contributed by atoms with Crippen LogP contribution >= 0.6 is 21.6 Å². The maximum Gasteiger partial charge on any atom is 0.161 e. The first-order chi connectivity index (χ1) is 21.7. The Labute approximate surface area is 264 Å². The molecule has 2 unspecified atom stereocenters. The van der Waals surface area contributed by atoms with Gasteiger partial charge in [-0.3, -0.25) is 9.98 Å². The van der Waals surface area contributed by atoms with Gasteiger partial charge in [0, 0.05) is 22.2 Å². The second-order valence-electron chi connectivity index (χ2n) is 9.97. The van der Waals surface area contributed by atoms with E-state index in [1.165, 1.54) is 0 Å². The fourth-order valence-corrected chi connectivity index (χ4v) is 6.35. The van der Waals surface area contributed by atoms with Crippen LogP contribution < -0.4 is 18.9 Å². The molecule has 2 aliphatic heterocycles. The Morgan fingerprint density at radius 2 is 1.07 bits per heavy atom. The van der Waals surface area contributed by atoms with Crippen molar-refractivity contribution in [1.82, 2.24) is 0 Å². The molecule has 8 nitrogen and oxygen atoms in total. The van der Waals surface area contributed by atoms with Crippen LogP contribution in [0.3, 0.4) is 0 Å². The van der Waals surface area contributed by atoms with Gasteiger partial charge in [0.15, 0.2) is 23.0 Å². The van der Waals surface area contributed by atoms with Crippen LogP contribution in [0.5, 0.6) is 23.0 Å². The van der Waals surface area contributed by atoms with Crippen LogP contribution in [0.25, 0.3) is 0 Å². The molecule has 4 aromatic rings. The van der Waals surface area contributed by atoms with Gasteiger partial charge in [-0.15, -0.1) is 0 Å². The summed E-state index contributed by atoms with van der Waals surface area (Å²) < 4.78 is 33.2. The number of nitrogens with zero attached hydrogens (tertiary/aromatic N) is 2. The monoisotopic (exact) mass is 628 g/mol. The van der Waals surface area contributed by atoms with Crippen molar-refractivity contribution >= 4 is 45.4 Å². The molecule has 226 valence electrons. The van der Waals surface area contributed by atoms with Crippen molar-refractivity contribution in [2.75, 3.05) is 40.6 Å². The highest BCUT2D eigenvalue weighted by Gasteiger charge is 2.24. The van der Waals surface area contributed by atoms with Gasteiger partial charge in [0.25, 0.3) is 0 Å².